The fourth-order valence-electron chi connectivity index (χ4n) is 0.826. The van der Waals surface area contributed by atoms with Gasteiger partial charge in [-0.1, -0.05) is 0 Å². The minimum absolute atomic E-state index is 0.115. The molecule has 28 heavy (non-hydrogen) atoms. The molecule has 0 bridgehead atoms. The van der Waals surface area contributed by atoms with Gasteiger partial charge in [-0.25, -0.2) is 0 Å². The van der Waals surface area contributed by atoms with E-state index in [1.54, 1.807) is 0 Å². The summed E-state index contributed by atoms with van der Waals surface area (Å²) in [5.41, 5.74) is 0. The predicted octanol–water partition coefficient (Wildman–Crippen LogP) is 0.900. The van der Waals surface area contributed by atoms with Gasteiger partial charge in [0.25, 0.3) is 0 Å². The van der Waals surface area contributed by atoms with E-state index in [9.17, 15) is 28.8 Å². The summed E-state index contributed by atoms with van der Waals surface area (Å²) in [6.45, 7) is 6.87. The first-order chi connectivity index (χ1) is 12.9. The molecule has 0 aliphatic heterocycles. The number of ketones is 3. The van der Waals surface area contributed by atoms with Crippen molar-refractivity contribution in [1.82, 2.24) is 0 Å². The minimum Gasteiger partial charge on any atom is -0.469 e. The molecule has 0 aliphatic carbocycles. The second-order valence-electron chi connectivity index (χ2n) is 4.80. The van der Waals surface area contributed by atoms with Crippen LogP contribution in [-0.2, 0) is 71.0 Å². The molecule has 0 aliphatic rings. The zero-order valence-corrected chi connectivity index (χ0v) is 19.9. The fraction of sp³-hybridized carbons (Fsp3) is 0.647. The Morgan fingerprint density at radius 2 is 0.786 bits per heavy atom. The van der Waals surface area contributed by atoms with Gasteiger partial charge >= 0.3 is 59.4 Å². The normalized spacial score (nSPS) is 8.07. The molecule has 161 valence electrons. The summed E-state index contributed by atoms with van der Waals surface area (Å²) in [5, 5.41) is 0. The molecule has 10 nitrogen and oxygen atoms in total. The van der Waals surface area contributed by atoms with Gasteiger partial charge in [-0.15, -0.1) is 0 Å². The maximum atomic E-state index is 10.2. The van der Waals surface area contributed by atoms with Crippen LogP contribution in [0.2, 0.25) is 0 Å². The van der Waals surface area contributed by atoms with Gasteiger partial charge in [-0.3, -0.25) is 28.8 Å². The van der Waals surface area contributed by atoms with E-state index in [-0.39, 0.29) is 36.6 Å². The molecule has 0 unspecified atom stereocenters. The van der Waals surface area contributed by atoms with Crippen molar-refractivity contribution < 1.29 is 71.0 Å². The van der Waals surface area contributed by atoms with Crippen molar-refractivity contribution in [3.05, 3.63) is 0 Å². The van der Waals surface area contributed by atoms with Crippen LogP contribution in [0.5, 0.6) is 0 Å². The summed E-state index contributed by atoms with van der Waals surface area (Å²) in [6.07, 6.45) is -0.344. The molecule has 0 aromatic heterocycles. The molecule has 0 N–H and O–H groups in total. The average molecular weight is 485 g/mol. The van der Waals surface area contributed by atoms with Crippen molar-refractivity contribution in [3.8, 4) is 0 Å². The molecular weight excluding hydrogens is 455 g/mol. The van der Waals surface area contributed by atoms with Gasteiger partial charge in [-0.2, -0.15) is 0 Å². The molecule has 0 atom stereocenters. The molecule has 0 amide bonds. The Balaban J connectivity index is -0.000000141. The van der Waals surface area contributed by atoms with Crippen LogP contribution < -0.4 is 0 Å². The van der Waals surface area contributed by atoms with Crippen molar-refractivity contribution in [3.63, 3.8) is 0 Å². The third-order valence-electron chi connectivity index (χ3n) is 2.01. The van der Waals surface area contributed by atoms with Crippen molar-refractivity contribution in [1.29, 1.82) is 0 Å². The first kappa shape index (κ1) is 33.8. The number of Topliss-reactive ketones (excluding diaryl/α,β-unsaturated/α-hetero) is 3. The van der Waals surface area contributed by atoms with E-state index in [1.165, 1.54) is 67.3 Å². The first-order valence-electron chi connectivity index (χ1n) is 7.88. The van der Waals surface area contributed by atoms with Crippen LogP contribution in [-0.4, -0.2) is 63.2 Å². The van der Waals surface area contributed by atoms with Crippen LogP contribution in [0.3, 0.4) is 0 Å². The van der Waals surface area contributed by atoms with Crippen molar-refractivity contribution in [2.24, 2.45) is 0 Å². The fourth-order valence-corrected chi connectivity index (χ4v) is 0.826. The zero-order chi connectivity index (χ0) is 23.1. The number of carbonyl (C=O) groups is 6. The predicted molar refractivity (Wildman–Crippen MR) is 93.6 cm³/mol. The summed E-state index contributed by atoms with van der Waals surface area (Å²) < 4.78 is 17.2. The third-order valence-corrected chi connectivity index (χ3v) is 2.72. The average Bonchev–Trinajstić information content (AvgIpc) is 2.61. The molecule has 0 saturated carbocycles. The van der Waals surface area contributed by atoms with E-state index in [2.05, 4.69) is 17.0 Å². The van der Waals surface area contributed by atoms with E-state index >= 15 is 0 Å². The number of esters is 3. The van der Waals surface area contributed by atoms with Crippen LogP contribution in [0.4, 0.5) is 0 Å². The number of methoxy groups -OCH3 is 3. The molecule has 0 rings (SSSR count). The molecule has 0 aromatic carbocycles. The standard InChI is InChI=1S/3C5H8O3.C2H5O.Zr/c3*1-4(6)3-5(7)8-2;1-2-3;/h3*3H2,1-2H3;2H2,1H3;/q;;;-1;+1. The molecule has 0 aromatic rings. The molecular formula is C17H29O10Zr. The molecule has 0 fully saturated rings. The Bertz CT molecular complexity index is 420. The van der Waals surface area contributed by atoms with Gasteiger partial charge in [-0.05, 0) is 20.8 Å². The van der Waals surface area contributed by atoms with Crippen LogP contribution in [0.15, 0.2) is 0 Å². The second-order valence-corrected chi connectivity index (χ2v) is 5.51. The Hall–Kier alpha value is -1.74. The van der Waals surface area contributed by atoms with Gasteiger partial charge in [0.2, 0.25) is 0 Å². The summed E-state index contributed by atoms with van der Waals surface area (Å²) in [4.78, 5) is 60.9. The van der Waals surface area contributed by atoms with Crippen molar-refractivity contribution in [2.75, 3.05) is 27.9 Å². The number of hydrogen-bond acceptors (Lipinski definition) is 10. The Morgan fingerprint density at radius 3 is 0.821 bits per heavy atom. The molecule has 0 radical (unpaired) electrons. The third kappa shape index (κ3) is 44.1. The van der Waals surface area contributed by atoms with E-state index < -0.39 is 17.9 Å². The summed E-state index contributed by atoms with van der Waals surface area (Å²) in [6, 6.07) is 0. The van der Waals surface area contributed by atoms with E-state index in [0.29, 0.717) is 0 Å². The van der Waals surface area contributed by atoms with Gasteiger partial charge in [0.05, 0.1) is 21.3 Å². The summed E-state index contributed by atoms with van der Waals surface area (Å²) >= 11 is 1.17. The van der Waals surface area contributed by atoms with Gasteiger partial charge < -0.3 is 14.2 Å². The molecule has 0 saturated heterocycles. The maximum Gasteiger partial charge on any atom is 0.313 e. The quantitative estimate of drug-likeness (QED) is 0.291. The molecule has 11 heteroatoms. The van der Waals surface area contributed by atoms with Crippen molar-refractivity contribution >= 4 is 35.3 Å². The number of hydrogen-bond donors (Lipinski definition) is 0. The molecule has 0 heterocycles. The minimum atomic E-state index is -0.475. The van der Waals surface area contributed by atoms with Crippen LogP contribution in [0.1, 0.15) is 47.0 Å². The first-order valence-corrected chi connectivity index (χ1v) is 8.89. The Morgan fingerprint density at radius 1 is 0.607 bits per heavy atom. The largest absolute Gasteiger partial charge is 0.469 e. The van der Waals surface area contributed by atoms with Crippen LogP contribution in [0, 0.1) is 0 Å². The number of ether oxygens (including phenoxy) is 3. The van der Waals surface area contributed by atoms with E-state index in [0.717, 1.165) is 6.61 Å². The van der Waals surface area contributed by atoms with Crippen LogP contribution in [0.25, 0.3) is 0 Å². The topological polar surface area (TPSA) is 139 Å². The summed E-state index contributed by atoms with van der Waals surface area (Å²) in [5.74, 6) is -1.93. The second kappa shape index (κ2) is 25.3. The maximum absolute atomic E-state index is 10.2. The monoisotopic (exact) mass is 483 g/mol. The van der Waals surface area contributed by atoms with Crippen LogP contribution >= 0.6 is 0 Å². The van der Waals surface area contributed by atoms with Crippen molar-refractivity contribution in [2.45, 2.75) is 47.0 Å². The smallest absolute Gasteiger partial charge is 0.313 e. The zero-order valence-electron chi connectivity index (χ0n) is 17.4. The van der Waals surface area contributed by atoms with Gasteiger partial charge in [0.1, 0.15) is 36.6 Å². The van der Waals surface area contributed by atoms with E-state index in [4.69, 9.17) is 0 Å². The Kier molecular flexibility index (Phi) is 30.5. The Labute approximate surface area is 181 Å². The van der Waals surface area contributed by atoms with Gasteiger partial charge in [0.15, 0.2) is 0 Å². The SMILES string of the molecule is CC[O][Zr].COC(=O)CC(C)=O.COC(=O)CC(C)=O.COC(=O)CC(C)=O. The molecule has 0 spiro atoms. The van der Waals surface area contributed by atoms with E-state index in [1.807, 2.05) is 6.92 Å². The van der Waals surface area contributed by atoms with Gasteiger partial charge in [0, 0.05) is 0 Å². The number of carbonyl (C=O) groups excluding carboxylic acids is 6. The number of rotatable bonds is 7. The summed E-state index contributed by atoms with van der Waals surface area (Å²) in [7, 11) is 3.77.